The Morgan fingerprint density at radius 3 is 2.95 bits per heavy atom. The van der Waals surface area contributed by atoms with Crippen molar-refractivity contribution in [2.24, 2.45) is 0 Å². The highest BCUT2D eigenvalue weighted by atomic mass is 79.9. The van der Waals surface area contributed by atoms with Crippen molar-refractivity contribution in [2.75, 3.05) is 19.0 Å². The Kier molecular flexibility index (Phi) is 3.72. The molecule has 1 atom stereocenters. The van der Waals surface area contributed by atoms with Gasteiger partial charge in [0.05, 0.1) is 18.4 Å². The molecule has 0 aromatic heterocycles. The maximum Gasteiger partial charge on any atom is 0.142 e. The number of halogens is 1. The minimum Gasteiger partial charge on any atom is -0.495 e. The van der Waals surface area contributed by atoms with E-state index < -0.39 is 0 Å². The summed E-state index contributed by atoms with van der Waals surface area (Å²) < 4.78 is 12.5. The van der Waals surface area contributed by atoms with Gasteiger partial charge in [0, 0.05) is 17.1 Å². The van der Waals surface area contributed by atoms with Crippen LogP contribution in [0.5, 0.6) is 5.75 Å². The molecule has 3 rings (SSSR count). The summed E-state index contributed by atoms with van der Waals surface area (Å²) in [6.45, 7) is 0.869. The molecule has 2 fully saturated rings. The molecule has 1 aliphatic heterocycles. The van der Waals surface area contributed by atoms with Gasteiger partial charge in [-0.3, -0.25) is 0 Å². The molecule has 1 saturated carbocycles. The highest BCUT2D eigenvalue weighted by Gasteiger charge is 2.42. The van der Waals surface area contributed by atoms with Crippen LogP contribution in [0.4, 0.5) is 5.69 Å². The van der Waals surface area contributed by atoms with Gasteiger partial charge in [-0.25, -0.2) is 0 Å². The van der Waals surface area contributed by atoms with Gasteiger partial charge in [0.1, 0.15) is 5.75 Å². The highest BCUT2D eigenvalue weighted by Crippen LogP contribution is 2.43. The van der Waals surface area contributed by atoms with E-state index in [0.717, 1.165) is 35.4 Å². The van der Waals surface area contributed by atoms with Crippen molar-refractivity contribution >= 4 is 21.6 Å². The SMILES string of the molecule is COc1ccc(Br)cc1NC1CCOC2(CCC2)C1. The second-order valence-corrected chi connectivity index (χ2v) is 6.48. The first-order chi connectivity index (χ1) is 9.21. The standard InChI is InChI=1S/C15H20BrNO2/c1-18-14-4-3-11(16)9-13(14)17-12-5-8-19-15(10-12)6-2-7-15/h3-4,9,12,17H,2,5-8,10H2,1H3. The fourth-order valence-corrected chi connectivity index (χ4v) is 3.44. The second kappa shape index (κ2) is 5.33. The summed E-state index contributed by atoms with van der Waals surface area (Å²) in [7, 11) is 1.71. The van der Waals surface area contributed by atoms with Gasteiger partial charge in [0.2, 0.25) is 0 Å². The number of methoxy groups -OCH3 is 1. The summed E-state index contributed by atoms with van der Waals surface area (Å²) in [5.74, 6) is 0.900. The van der Waals surface area contributed by atoms with E-state index in [-0.39, 0.29) is 5.60 Å². The lowest BCUT2D eigenvalue weighted by molar-refractivity contribution is -0.130. The minimum absolute atomic E-state index is 0.176. The van der Waals surface area contributed by atoms with Gasteiger partial charge in [-0.15, -0.1) is 0 Å². The Labute approximate surface area is 122 Å². The van der Waals surface area contributed by atoms with Gasteiger partial charge >= 0.3 is 0 Å². The summed E-state index contributed by atoms with van der Waals surface area (Å²) in [6.07, 6.45) is 5.94. The Morgan fingerprint density at radius 1 is 1.42 bits per heavy atom. The highest BCUT2D eigenvalue weighted by molar-refractivity contribution is 9.10. The minimum atomic E-state index is 0.176. The maximum absolute atomic E-state index is 5.97. The molecule has 1 saturated heterocycles. The van der Waals surface area contributed by atoms with Crippen LogP contribution in [0.2, 0.25) is 0 Å². The molecule has 1 unspecified atom stereocenters. The van der Waals surface area contributed by atoms with Crippen LogP contribution in [0.25, 0.3) is 0 Å². The molecule has 1 N–H and O–H groups in total. The molecular weight excluding hydrogens is 306 g/mol. The zero-order valence-corrected chi connectivity index (χ0v) is 12.8. The van der Waals surface area contributed by atoms with Crippen LogP contribution in [0.3, 0.4) is 0 Å². The van der Waals surface area contributed by atoms with Crippen molar-refractivity contribution < 1.29 is 9.47 Å². The van der Waals surface area contributed by atoms with Gasteiger partial charge in [0.25, 0.3) is 0 Å². The average Bonchev–Trinajstić information content (AvgIpc) is 2.37. The van der Waals surface area contributed by atoms with Gasteiger partial charge in [-0.2, -0.15) is 0 Å². The lowest BCUT2D eigenvalue weighted by Crippen LogP contribution is -2.49. The summed E-state index contributed by atoms with van der Waals surface area (Å²) >= 11 is 3.52. The number of nitrogens with one attached hydrogen (secondary N) is 1. The van der Waals surface area contributed by atoms with E-state index >= 15 is 0 Å². The quantitative estimate of drug-likeness (QED) is 0.912. The molecular formula is C15H20BrNO2. The Morgan fingerprint density at radius 2 is 2.26 bits per heavy atom. The molecule has 19 heavy (non-hydrogen) atoms. The summed E-state index contributed by atoms with van der Waals surface area (Å²) in [6, 6.07) is 6.56. The third kappa shape index (κ3) is 2.75. The normalized spacial score (nSPS) is 24.8. The largest absolute Gasteiger partial charge is 0.495 e. The third-order valence-electron chi connectivity index (χ3n) is 4.28. The number of ether oxygens (including phenoxy) is 2. The van der Waals surface area contributed by atoms with Crippen LogP contribution >= 0.6 is 15.9 Å². The molecule has 1 heterocycles. The van der Waals surface area contributed by atoms with Crippen molar-refractivity contribution in [3.8, 4) is 5.75 Å². The fraction of sp³-hybridized carbons (Fsp3) is 0.600. The number of rotatable bonds is 3. The fourth-order valence-electron chi connectivity index (χ4n) is 3.08. The monoisotopic (exact) mass is 325 g/mol. The van der Waals surface area contributed by atoms with Crippen molar-refractivity contribution in [2.45, 2.75) is 43.7 Å². The van der Waals surface area contributed by atoms with Gasteiger partial charge in [-0.05, 0) is 50.3 Å². The third-order valence-corrected chi connectivity index (χ3v) is 4.77. The molecule has 4 heteroatoms. The van der Waals surface area contributed by atoms with Gasteiger partial charge < -0.3 is 14.8 Å². The lowest BCUT2D eigenvalue weighted by Gasteiger charge is -2.47. The predicted octanol–water partition coefficient (Wildman–Crippen LogP) is 3.97. The van der Waals surface area contributed by atoms with E-state index in [2.05, 4.69) is 27.3 Å². The van der Waals surface area contributed by atoms with Crippen molar-refractivity contribution in [1.82, 2.24) is 0 Å². The van der Waals surface area contributed by atoms with E-state index in [1.165, 1.54) is 19.3 Å². The van der Waals surface area contributed by atoms with Crippen molar-refractivity contribution in [1.29, 1.82) is 0 Å². The van der Waals surface area contributed by atoms with Crippen LogP contribution in [0.1, 0.15) is 32.1 Å². The number of benzene rings is 1. The van der Waals surface area contributed by atoms with E-state index in [9.17, 15) is 0 Å². The molecule has 1 spiro atoms. The Balaban J connectivity index is 1.72. The molecule has 1 aromatic carbocycles. The van der Waals surface area contributed by atoms with Gasteiger partial charge in [-0.1, -0.05) is 15.9 Å². The van der Waals surface area contributed by atoms with Gasteiger partial charge in [0.15, 0.2) is 0 Å². The number of anilines is 1. The van der Waals surface area contributed by atoms with Crippen LogP contribution in [-0.2, 0) is 4.74 Å². The molecule has 104 valence electrons. The van der Waals surface area contributed by atoms with Crippen LogP contribution < -0.4 is 10.1 Å². The Hall–Kier alpha value is -0.740. The molecule has 2 aliphatic rings. The molecule has 0 bridgehead atoms. The van der Waals surface area contributed by atoms with E-state index in [1.807, 2.05) is 12.1 Å². The number of hydrogen-bond acceptors (Lipinski definition) is 3. The maximum atomic E-state index is 5.97. The first-order valence-corrected chi connectivity index (χ1v) is 7.74. The zero-order chi connectivity index (χ0) is 13.3. The first kappa shape index (κ1) is 13.3. The number of hydrogen-bond donors (Lipinski definition) is 1. The smallest absolute Gasteiger partial charge is 0.142 e. The average molecular weight is 326 g/mol. The Bertz CT molecular complexity index is 459. The first-order valence-electron chi connectivity index (χ1n) is 6.95. The van der Waals surface area contributed by atoms with Crippen LogP contribution in [0.15, 0.2) is 22.7 Å². The zero-order valence-electron chi connectivity index (χ0n) is 11.2. The summed E-state index contributed by atoms with van der Waals surface area (Å²) in [5.41, 5.74) is 1.24. The second-order valence-electron chi connectivity index (χ2n) is 5.56. The molecule has 3 nitrogen and oxygen atoms in total. The van der Waals surface area contributed by atoms with Crippen molar-refractivity contribution in [3.63, 3.8) is 0 Å². The molecule has 0 amide bonds. The molecule has 1 aliphatic carbocycles. The van der Waals surface area contributed by atoms with Crippen LogP contribution in [-0.4, -0.2) is 25.4 Å². The van der Waals surface area contributed by atoms with E-state index in [4.69, 9.17) is 9.47 Å². The van der Waals surface area contributed by atoms with E-state index in [1.54, 1.807) is 7.11 Å². The van der Waals surface area contributed by atoms with E-state index in [0.29, 0.717) is 6.04 Å². The molecule has 1 aromatic rings. The molecule has 0 radical (unpaired) electrons. The lowest BCUT2D eigenvalue weighted by atomic mass is 9.74. The van der Waals surface area contributed by atoms with Crippen molar-refractivity contribution in [3.05, 3.63) is 22.7 Å². The topological polar surface area (TPSA) is 30.5 Å². The van der Waals surface area contributed by atoms with Crippen LogP contribution in [0, 0.1) is 0 Å². The predicted molar refractivity (Wildman–Crippen MR) is 79.9 cm³/mol. The summed E-state index contributed by atoms with van der Waals surface area (Å²) in [5, 5.41) is 3.63. The summed E-state index contributed by atoms with van der Waals surface area (Å²) in [4.78, 5) is 0.